The van der Waals surface area contributed by atoms with Gasteiger partial charge in [-0.15, -0.1) is 0 Å². The highest BCUT2D eigenvalue weighted by Gasteiger charge is 2.26. The first-order chi connectivity index (χ1) is 11.6. The molecular formula is C16H19N5O3. The quantitative estimate of drug-likeness (QED) is 0.528. The second kappa shape index (κ2) is 6.79. The number of anilines is 3. The van der Waals surface area contributed by atoms with Crippen LogP contribution in [0.25, 0.3) is 0 Å². The van der Waals surface area contributed by atoms with Crippen LogP contribution in [0.2, 0.25) is 0 Å². The van der Waals surface area contributed by atoms with Crippen molar-refractivity contribution in [3.8, 4) is 0 Å². The molecule has 126 valence electrons. The van der Waals surface area contributed by atoms with E-state index in [1.54, 1.807) is 19.1 Å². The molecule has 1 aromatic carbocycles. The van der Waals surface area contributed by atoms with E-state index in [1.165, 1.54) is 6.07 Å². The van der Waals surface area contributed by atoms with E-state index < -0.39 is 4.92 Å². The first kappa shape index (κ1) is 16.1. The molecule has 0 saturated heterocycles. The highest BCUT2D eigenvalue weighted by atomic mass is 16.6. The predicted octanol–water partition coefficient (Wildman–Crippen LogP) is 2.72. The maximum Gasteiger partial charge on any atom is 0.274 e. The number of nitrogens with one attached hydrogen (secondary N) is 2. The number of aliphatic hydroxyl groups excluding tert-OH is 1. The normalized spacial score (nSPS) is 13.6. The third-order valence-electron chi connectivity index (χ3n) is 3.90. The van der Waals surface area contributed by atoms with Crippen molar-refractivity contribution in [2.24, 2.45) is 0 Å². The van der Waals surface area contributed by atoms with E-state index in [4.69, 9.17) is 5.11 Å². The molecule has 1 aromatic heterocycles. The summed E-state index contributed by atoms with van der Waals surface area (Å²) < 4.78 is 0. The van der Waals surface area contributed by atoms with Gasteiger partial charge in [-0.3, -0.25) is 10.1 Å². The van der Waals surface area contributed by atoms with Gasteiger partial charge in [0.1, 0.15) is 5.82 Å². The molecule has 2 aromatic rings. The van der Waals surface area contributed by atoms with Crippen molar-refractivity contribution in [3.63, 3.8) is 0 Å². The standard InChI is InChI=1S/C16H19N5O3/c1-10-12(3-2-4-14(10)21(23)24)18-15-9-13(11-5-6-11)19-16(20-15)17-7-8-22/h2-4,9,11,22H,5-8H2,1H3,(H2,17,18,19,20). The summed E-state index contributed by atoms with van der Waals surface area (Å²) in [5.74, 6) is 1.46. The Labute approximate surface area is 139 Å². The van der Waals surface area contributed by atoms with E-state index in [-0.39, 0.29) is 12.3 Å². The summed E-state index contributed by atoms with van der Waals surface area (Å²) in [5.41, 5.74) is 2.20. The number of nitro benzene ring substituents is 1. The lowest BCUT2D eigenvalue weighted by Crippen LogP contribution is -2.11. The van der Waals surface area contributed by atoms with Crippen LogP contribution in [0.15, 0.2) is 24.3 Å². The van der Waals surface area contributed by atoms with Crippen LogP contribution in [0.5, 0.6) is 0 Å². The Kier molecular flexibility index (Phi) is 4.57. The fourth-order valence-electron chi connectivity index (χ4n) is 2.46. The van der Waals surface area contributed by atoms with Crippen LogP contribution >= 0.6 is 0 Å². The average Bonchev–Trinajstić information content (AvgIpc) is 3.39. The van der Waals surface area contributed by atoms with Gasteiger partial charge in [0.2, 0.25) is 5.95 Å². The Morgan fingerprint density at radius 2 is 2.17 bits per heavy atom. The van der Waals surface area contributed by atoms with Crippen molar-refractivity contribution >= 4 is 23.1 Å². The van der Waals surface area contributed by atoms with Gasteiger partial charge in [0.15, 0.2) is 0 Å². The van der Waals surface area contributed by atoms with Gasteiger partial charge in [-0.05, 0) is 25.8 Å². The first-order valence-electron chi connectivity index (χ1n) is 7.83. The minimum Gasteiger partial charge on any atom is -0.395 e. The number of nitro groups is 1. The SMILES string of the molecule is Cc1c(Nc2cc(C3CC3)nc(NCCO)n2)cccc1[N+](=O)[O-]. The molecule has 8 heteroatoms. The molecule has 0 bridgehead atoms. The van der Waals surface area contributed by atoms with E-state index >= 15 is 0 Å². The van der Waals surface area contributed by atoms with Crippen LogP contribution in [-0.4, -0.2) is 33.1 Å². The van der Waals surface area contributed by atoms with Gasteiger partial charge in [-0.25, -0.2) is 4.98 Å². The van der Waals surface area contributed by atoms with Crippen LogP contribution in [0.4, 0.5) is 23.1 Å². The Balaban J connectivity index is 1.90. The zero-order chi connectivity index (χ0) is 17.1. The lowest BCUT2D eigenvalue weighted by Gasteiger charge is -2.12. The van der Waals surface area contributed by atoms with Crippen molar-refractivity contribution in [1.82, 2.24) is 9.97 Å². The number of hydrogen-bond acceptors (Lipinski definition) is 7. The van der Waals surface area contributed by atoms with E-state index in [0.717, 1.165) is 18.5 Å². The topological polar surface area (TPSA) is 113 Å². The molecule has 1 heterocycles. The summed E-state index contributed by atoms with van der Waals surface area (Å²) in [6, 6.07) is 6.77. The molecule has 0 radical (unpaired) electrons. The van der Waals surface area contributed by atoms with Gasteiger partial charge >= 0.3 is 0 Å². The molecule has 0 unspecified atom stereocenters. The Morgan fingerprint density at radius 1 is 1.38 bits per heavy atom. The summed E-state index contributed by atoms with van der Waals surface area (Å²) in [4.78, 5) is 19.5. The van der Waals surface area contributed by atoms with Crippen molar-refractivity contribution in [2.75, 3.05) is 23.8 Å². The number of hydrogen-bond donors (Lipinski definition) is 3. The summed E-state index contributed by atoms with van der Waals surface area (Å²) in [7, 11) is 0. The lowest BCUT2D eigenvalue weighted by atomic mass is 10.1. The number of aromatic nitrogens is 2. The molecule has 0 amide bonds. The Morgan fingerprint density at radius 3 is 2.83 bits per heavy atom. The Hall–Kier alpha value is -2.74. The Bertz CT molecular complexity index is 761. The average molecular weight is 329 g/mol. The molecule has 3 N–H and O–H groups in total. The molecule has 24 heavy (non-hydrogen) atoms. The summed E-state index contributed by atoms with van der Waals surface area (Å²) in [6.07, 6.45) is 2.21. The van der Waals surface area contributed by atoms with Gasteiger partial charge in [-0.1, -0.05) is 6.07 Å². The summed E-state index contributed by atoms with van der Waals surface area (Å²) in [5, 5.41) is 26.1. The minimum absolute atomic E-state index is 0.0102. The van der Waals surface area contributed by atoms with Gasteiger partial charge < -0.3 is 15.7 Å². The van der Waals surface area contributed by atoms with Crippen LogP contribution < -0.4 is 10.6 Å². The number of nitrogens with zero attached hydrogens (tertiary/aromatic N) is 3. The fraction of sp³-hybridized carbons (Fsp3) is 0.375. The highest BCUT2D eigenvalue weighted by Crippen LogP contribution is 2.40. The molecule has 1 aliphatic rings. The smallest absolute Gasteiger partial charge is 0.274 e. The van der Waals surface area contributed by atoms with Gasteiger partial charge in [-0.2, -0.15) is 4.98 Å². The van der Waals surface area contributed by atoms with Gasteiger partial charge in [0.25, 0.3) is 5.69 Å². The molecule has 3 rings (SSSR count). The zero-order valence-corrected chi connectivity index (χ0v) is 13.3. The summed E-state index contributed by atoms with van der Waals surface area (Å²) in [6.45, 7) is 2.06. The monoisotopic (exact) mass is 329 g/mol. The minimum atomic E-state index is -0.398. The predicted molar refractivity (Wildman–Crippen MR) is 90.7 cm³/mol. The summed E-state index contributed by atoms with van der Waals surface area (Å²) >= 11 is 0. The van der Waals surface area contributed by atoms with Gasteiger partial charge in [0, 0.05) is 30.3 Å². The van der Waals surface area contributed by atoms with E-state index in [0.29, 0.717) is 35.5 Å². The third kappa shape index (κ3) is 3.60. The maximum atomic E-state index is 11.1. The highest BCUT2D eigenvalue weighted by molar-refractivity contribution is 5.66. The van der Waals surface area contributed by atoms with Crippen LogP contribution in [0, 0.1) is 17.0 Å². The van der Waals surface area contributed by atoms with E-state index in [9.17, 15) is 10.1 Å². The molecule has 1 saturated carbocycles. The molecule has 0 spiro atoms. The number of rotatable bonds is 7. The van der Waals surface area contributed by atoms with Crippen molar-refractivity contribution in [3.05, 3.63) is 45.6 Å². The lowest BCUT2D eigenvalue weighted by molar-refractivity contribution is -0.385. The number of benzene rings is 1. The fourth-order valence-corrected chi connectivity index (χ4v) is 2.46. The molecular weight excluding hydrogens is 310 g/mol. The van der Waals surface area contributed by atoms with E-state index in [1.807, 2.05) is 6.07 Å². The largest absolute Gasteiger partial charge is 0.395 e. The molecule has 0 atom stereocenters. The van der Waals surface area contributed by atoms with Crippen molar-refractivity contribution in [2.45, 2.75) is 25.7 Å². The second-order valence-corrected chi connectivity index (χ2v) is 5.76. The third-order valence-corrected chi connectivity index (χ3v) is 3.90. The molecule has 0 aliphatic heterocycles. The second-order valence-electron chi connectivity index (χ2n) is 5.76. The van der Waals surface area contributed by atoms with E-state index in [2.05, 4.69) is 20.6 Å². The van der Waals surface area contributed by atoms with Crippen LogP contribution in [0.3, 0.4) is 0 Å². The van der Waals surface area contributed by atoms with Crippen LogP contribution in [-0.2, 0) is 0 Å². The first-order valence-corrected chi connectivity index (χ1v) is 7.83. The molecule has 1 fully saturated rings. The zero-order valence-electron chi connectivity index (χ0n) is 13.3. The number of aliphatic hydroxyl groups is 1. The molecule has 8 nitrogen and oxygen atoms in total. The van der Waals surface area contributed by atoms with Crippen LogP contribution in [0.1, 0.15) is 30.0 Å². The van der Waals surface area contributed by atoms with Crippen molar-refractivity contribution < 1.29 is 10.0 Å². The van der Waals surface area contributed by atoms with Crippen molar-refractivity contribution in [1.29, 1.82) is 0 Å². The molecule has 1 aliphatic carbocycles. The maximum absolute atomic E-state index is 11.1. The van der Waals surface area contributed by atoms with Gasteiger partial charge in [0.05, 0.1) is 22.8 Å².